The van der Waals surface area contributed by atoms with Gasteiger partial charge in [-0.05, 0) is 37.1 Å². The Morgan fingerprint density at radius 3 is 2.86 bits per heavy atom. The molecule has 3 aromatic rings. The van der Waals surface area contributed by atoms with Crippen molar-refractivity contribution in [3.8, 4) is 10.8 Å². The molecule has 0 radical (unpaired) electrons. The number of rotatable bonds is 6. The van der Waals surface area contributed by atoms with Crippen molar-refractivity contribution in [2.75, 3.05) is 13.2 Å². The second-order valence-electron chi connectivity index (χ2n) is 6.01. The smallest absolute Gasteiger partial charge is 0.163 e. The van der Waals surface area contributed by atoms with Gasteiger partial charge in [0.05, 0.1) is 16.8 Å². The molecular weight excluding hydrogens is 296 g/mol. The second-order valence-corrected chi connectivity index (χ2v) is 7.05. The number of nitrogens with one attached hydrogen (secondary N) is 1. The zero-order chi connectivity index (χ0) is 15.0. The first kappa shape index (κ1) is 13.9. The van der Waals surface area contributed by atoms with Crippen LogP contribution in [0.4, 0.5) is 0 Å². The summed E-state index contributed by atoms with van der Waals surface area (Å²) in [4.78, 5) is 4.61. The number of furan rings is 1. The van der Waals surface area contributed by atoms with E-state index in [1.165, 1.54) is 4.70 Å². The van der Waals surface area contributed by atoms with E-state index in [0.717, 1.165) is 41.4 Å². The monoisotopic (exact) mass is 314 g/mol. The fourth-order valence-electron chi connectivity index (χ4n) is 2.58. The third kappa shape index (κ3) is 2.67. The van der Waals surface area contributed by atoms with Gasteiger partial charge in [0.25, 0.3) is 0 Å². The minimum absolute atomic E-state index is 0.127. The maximum absolute atomic E-state index is 9.31. The van der Waals surface area contributed by atoms with Crippen LogP contribution in [0.3, 0.4) is 0 Å². The van der Waals surface area contributed by atoms with Crippen LogP contribution >= 0.6 is 11.3 Å². The average Bonchev–Trinajstić information content (AvgIpc) is 2.98. The molecule has 0 atom stereocenters. The number of fused-ring (bicyclic) bond motifs is 1. The van der Waals surface area contributed by atoms with Crippen LogP contribution in [0, 0.1) is 5.41 Å². The predicted octanol–water partition coefficient (Wildman–Crippen LogP) is 3.42. The highest BCUT2D eigenvalue weighted by atomic mass is 32.1. The van der Waals surface area contributed by atoms with E-state index in [1.54, 1.807) is 11.3 Å². The lowest BCUT2D eigenvalue weighted by atomic mass is 10.1. The van der Waals surface area contributed by atoms with Crippen molar-refractivity contribution in [2.45, 2.75) is 19.4 Å². The largest absolute Gasteiger partial charge is 0.457 e. The Labute approximate surface area is 132 Å². The van der Waals surface area contributed by atoms with Crippen LogP contribution in [-0.4, -0.2) is 23.2 Å². The minimum Gasteiger partial charge on any atom is -0.457 e. The quantitative estimate of drug-likeness (QED) is 0.732. The van der Waals surface area contributed by atoms with Crippen molar-refractivity contribution < 1.29 is 9.52 Å². The SMILES string of the molecule is OCC1(CNCc2ccc(-c3nc4ccccc4s3)o2)CC1. The zero-order valence-corrected chi connectivity index (χ0v) is 13.0. The third-order valence-corrected chi connectivity index (χ3v) is 5.31. The summed E-state index contributed by atoms with van der Waals surface area (Å²) in [5, 5.41) is 13.6. The molecule has 1 aliphatic rings. The van der Waals surface area contributed by atoms with Crippen molar-refractivity contribution >= 4 is 21.6 Å². The van der Waals surface area contributed by atoms with Gasteiger partial charge in [0.15, 0.2) is 10.8 Å². The fraction of sp³-hybridized carbons (Fsp3) is 0.353. The molecule has 1 fully saturated rings. The van der Waals surface area contributed by atoms with Crippen LogP contribution in [0.15, 0.2) is 40.8 Å². The topological polar surface area (TPSA) is 58.3 Å². The molecule has 5 heteroatoms. The van der Waals surface area contributed by atoms with Gasteiger partial charge < -0.3 is 14.8 Å². The van der Waals surface area contributed by atoms with Gasteiger partial charge in [-0.1, -0.05) is 12.1 Å². The number of para-hydroxylation sites is 1. The summed E-state index contributed by atoms with van der Waals surface area (Å²) in [5.41, 5.74) is 1.14. The number of thiazole rings is 1. The molecule has 22 heavy (non-hydrogen) atoms. The van der Waals surface area contributed by atoms with Crippen molar-refractivity contribution in [2.24, 2.45) is 5.41 Å². The van der Waals surface area contributed by atoms with Gasteiger partial charge in [-0.25, -0.2) is 4.98 Å². The molecule has 0 unspecified atom stereocenters. The van der Waals surface area contributed by atoms with Crippen molar-refractivity contribution in [3.05, 3.63) is 42.2 Å². The van der Waals surface area contributed by atoms with Crippen molar-refractivity contribution in [1.82, 2.24) is 10.3 Å². The molecule has 2 N–H and O–H groups in total. The van der Waals surface area contributed by atoms with E-state index in [1.807, 2.05) is 30.3 Å². The van der Waals surface area contributed by atoms with Crippen molar-refractivity contribution in [3.63, 3.8) is 0 Å². The zero-order valence-electron chi connectivity index (χ0n) is 12.2. The highest BCUT2D eigenvalue weighted by molar-refractivity contribution is 7.21. The van der Waals surface area contributed by atoms with Gasteiger partial charge in [0.2, 0.25) is 0 Å². The van der Waals surface area contributed by atoms with Crippen LogP contribution in [0.2, 0.25) is 0 Å². The molecule has 4 rings (SSSR count). The lowest BCUT2D eigenvalue weighted by molar-refractivity contribution is 0.206. The summed E-state index contributed by atoms with van der Waals surface area (Å²) < 4.78 is 7.06. The van der Waals surface area contributed by atoms with Gasteiger partial charge in [0, 0.05) is 18.6 Å². The molecule has 1 saturated carbocycles. The molecule has 0 spiro atoms. The van der Waals surface area contributed by atoms with Gasteiger partial charge in [-0.3, -0.25) is 0 Å². The Hall–Kier alpha value is -1.69. The minimum atomic E-state index is 0.127. The highest BCUT2D eigenvalue weighted by Gasteiger charge is 2.41. The Balaban J connectivity index is 1.44. The molecule has 0 aliphatic heterocycles. The standard InChI is InChI=1S/C17H18N2O2S/c20-11-17(7-8-17)10-18-9-12-5-6-14(21-12)16-19-13-3-1-2-4-15(13)22-16/h1-6,18,20H,7-11H2. The molecule has 1 aromatic carbocycles. The number of benzene rings is 1. The molecular formula is C17H18N2O2S. The molecule has 2 heterocycles. The van der Waals surface area contributed by atoms with E-state index < -0.39 is 0 Å². The molecule has 1 aliphatic carbocycles. The summed E-state index contributed by atoms with van der Waals surface area (Å²) in [6.07, 6.45) is 2.23. The molecule has 0 saturated heterocycles. The number of hydrogen-bond acceptors (Lipinski definition) is 5. The third-order valence-electron chi connectivity index (χ3n) is 4.26. The first-order valence-corrected chi connectivity index (χ1v) is 8.36. The molecule has 114 valence electrons. The van der Waals surface area contributed by atoms with Crippen LogP contribution in [0.5, 0.6) is 0 Å². The van der Waals surface area contributed by atoms with E-state index in [4.69, 9.17) is 4.42 Å². The van der Waals surface area contributed by atoms with Crippen LogP contribution in [-0.2, 0) is 6.54 Å². The van der Waals surface area contributed by atoms with Gasteiger partial charge in [-0.2, -0.15) is 0 Å². The molecule has 4 nitrogen and oxygen atoms in total. The fourth-order valence-corrected chi connectivity index (χ4v) is 3.51. The van der Waals surface area contributed by atoms with E-state index in [-0.39, 0.29) is 12.0 Å². The van der Waals surface area contributed by atoms with Gasteiger partial charge >= 0.3 is 0 Å². The van der Waals surface area contributed by atoms with E-state index in [0.29, 0.717) is 6.54 Å². The number of nitrogens with zero attached hydrogens (tertiary/aromatic N) is 1. The van der Waals surface area contributed by atoms with Crippen LogP contribution in [0.25, 0.3) is 21.0 Å². The predicted molar refractivity (Wildman–Crippen MR) is 87.8 cm³/mol. The molecule has 0 amide bonds. The first-order chi connectivity index (χ1) is 10.8. The summed E-state index contributed by atoms with van der Waals surface area (Å²) in [7, 11) is 0. The Morgan fingerprint density at radius 2 is 2.09 bits per heavy atom. The maximum Gasteiger partial charge on any atom is 0.163 e. The Bertz CT molecular complexity index is 756. The summed E-state index contributed by atoms with van der Waals surface area (Å²) in [5.74, 6) is 1.73. The summed E-state index contributed by atoms with van der Waals surface area (Å²) in [6.45, 7) is 1.81. The van der Waals surface area contributed by atoms with Gasteiger partial charge in [-0.15, -0.1) is 11.3 Å². The summed E-state index contributed by atoms with van der Waals surface area (Å²) >= 11 is 1.65. The molecule has 2 aromatic heterocycles. The second kappa shape index (κ2) is 5.50. The number of aliphatic hydroxyl groups is 1. The van der Waals surface area contributed by atoms with Gasteiger partial charge in [0.1, 0.15) is 5.76 Å². The first-order valence-electron chi connectivity index (χ1n) is 7.54. The Kier molecular flexibility index (Phi) is 3.48. The van der Waals surface area contributed by atoms with Crippen LogP contribution in [0.1, 0.15) is 18.6 Å². The van der Waals surface area contributed by atoms with Crippen LogP contribution < -0.4 is 5.32 Å². The van der Waals surface area contributed by atoms with E-state index in [9.17, 15) is 5.11 Å². The normalized spacial score (nSPS) is 16.2. The Morgan fingerprint density at radius 1 is 1.23 bits per heavy atom. The number of hydrogen-bond donors (Lipinski definition) is 2. The lowest BCUT2D eigenvalue weighted by Gasteiger charge is -2.11. The average molecular weight is 314 g/mol. The van der Waals surface area contributed by atoms with E-state index >= 15 is 0 Å². The number of aliphatic hydroxyl groups excluding tert-OH is 1. The maximum atomic E-state index is 9.31. The molecule has 0 bridgehead atoms. The summed E-state index contributed by atoms with van der Waals surface area (Å²) in [6, 6.07) is 12.1. The highest BCUT2D eigenvalue weighted by Crippen LogP contribution is 2.44. The lowest BCUT2D eigenvalue weighted by Crippen LogP contribution is -2.25. The number of aromatic nitrogens is 1. The van der Waals surface area contributed by atoms with E-state index in [2.05, 4.69) is 16.4 Å². The van der Waals surface area contributed by atoms with Crippen molar-refractivity contribution in [1.29, 1.82) is 0 Å².